The Labute approximate surface area is 95.3 Å². The molecule has 3 amide bonds. The van der Waals surface area contributed by atoms with Crippen LogP contribution in [-0.2, 0) is 4.79 Å². The van der Waals surface area contributed by atoms with Crippen LogP contribution in [0.2, 0.25) is 0 Å². The molecule has 16 heavy (non-hydrogen) atoms. The molecule has 1 atom stereocenters. The van der Waals surface area contributed by atoms with Crippen LogP contribution in [-0.4, -0.2) is 42.0 Å². The van der Waals surface area contributed by atoms with Crippen LogP contribution in [0.25, 0.3) is 0 Å². The topological polar surface area (TPSA) is 101 Å². The molecule has 0 aromatic rings. The number of nitrogens with one attached hydrogen (secondary N) is 1. The molecule has 1 heterocycles. The fraction of sp³-hybridized carbons (Fsp3) is 0.800. The highest BCUT2D eigenvalue weighted by Crippen LogP contribution is 2.11. The van der Waals surface area contributed by atoms with Crippen LogP contribution in [0.15, 0.2) is 0 Å². The number of piperidine rings is 1. The van der Waals surface area contributed by atoms with E-state index in [0.717, 1.165) is 12.8 Å². The Hall–Kier alpha value is -1.30. The molecule has 1 saturated heterocycles. The zero-order chi connectivity index (χ0) is 12.1. The molecule has 1 rings (SSSR count). The highest BCUT2D eigenvalue weighted by Gasteiger charge is 2.22. The smallest absolute Gasteiger partial charge is 0.314 e. The monoisotopic (exact) mass is 228 g/mol. The van der Waals surface area contributed by atoms with Crippen molar-refractivity contribution in [2.24, 2.45) is 11.5 Å². The molecule has 0 radical (unpaired) electrons. The van der Waals surface area contributed by atoms with Gasteiger partial charge in [-0.05, 0) is 19.8 Å². The number of hydrogen-bond donors (Lipinski definition) is 3. The molecule has 0 aromatic carbocycles. The Bertz CT molecular complexity index is 262. The van der Waals surface area contributed by atoms with Crippen LogP contribution in [0.4, 0.5) is 4.79 Å². The molecule has 0 bridgehead atoms. The molecular weight excluding hydrogens is 208 g/mol. The van der Waals surface area contributed by atoms with E-state index in [1.807, 2.05) is 6.92 Å². The van der Waals surface area contributed by atoms with Gasteiger partial charge in [-0.3, -0.25) is 4.79 Å². The van der Waals surface area contributed by atoms with Crippen LogP contribution in [0.5, 0.6) is 0 Å². The van der Waals surface area contributed by atoms with E-state index in [-0.39, 0.29) is 18.0 Å². The number of nitrogens with zero attached hydrogens (tertiary/aromatic N) is 1. The molecule has 0 saturated carbocycles. The maximum Gasteiger partial charge on any atom is 0.314 e. The summed E-state index contributed by atoms with van der Waals surface area (Å²) >= 11 is 0. The molecule has 0 aliphatic carbocycles. The number of hydrogen-bond acceptors (Lipinski definition) is 3. The van der Waals surface area contributed by atoms with Gasteiger partial charge in [0.25, 0.3) is 0 Å². The predicted octanol–water partition coefficient (Wildman–Crippen LogP) is -0.617. The molecule has 1 aliphatic heterocycles. The van der Waals surface area contributed by atoms with Crippen molar-refractivity contribution in [3.63, 3.8) is 0 Å². The number of nitrogens with two attached hydrogens (primary N) is 2. The predicted molar refractivity (Wildman–Crippen MR) is 60.6 cm³/mol. The SMILES string of the molecule is CC(CC(N)=O)NC1CCN(C(N)=O)CC1. The highest BCUT2D eigenvalue weighted by atomic mass is 16.2. The number of rotatable bonds is 4. The minimum absolute atomic E-state index is 0.0858. The van der Waals surface area contributed by atoms with E-state index in [1.54, 1.807) is 4.90 Å². The van der Waals surface area contributed by atoms with Crippen LogP contribution in [0.1, 0.15) is 26.2 Å². The van der Waals surface area contributed by atoms with Gasteiger partial charge in [0.1, 0.15) is 0 Å². The molecule has 0 spiro atoms. The lowest BCUT2D eigenvalue weighted by Gasteiger charge is -2.32. The molecule has 1 unspecified atom stereocenters. The molecular formula is C10H20N4O2. The van der Waals surface area contributed by atoms with E-state index in [1.165, 1.54) is 0 Å². The quantitative estimate of drug-likeness (QED) is 0.597. The number of urea groups is 1. The van der Waals surface area contributed by atoms with Crippen molar-refractivity contribution in [3.05, 3.63) is 0 Å². The lowest BCUT2D eigenvalue weighted by molar-refractivity contribution is -0.118. The molecule has 5 N–H and O–H groups in total. The maximum absolute atomic E-state index is 10.9. The third-order valence-corrected chi connectivity index (χ3v) is 2.83. The summed E-state index contributed by atoms with van der Waals surface area (Å²) in [4.78, 5) is 23.2. The molecule has 6 heteroatoms. The average Bonchev–Trinajstić information content (AvgIpc) is 2.16. The third-order valence-electron chi connectivity index (χ3n) is 2.83. The van der Waals surface area contributed by atoms with Gasteiger partial charge in [-0.15, -0.1) is 0 Å². The minimum atomic E-state index is -0.358. The van der Waals surface area contributed by atoms with Gasteiger partial charge in [0, 0.05) is 31.6 Å². The Balaban J connectivity index is 2.26. The summed E-state index contributed by atoms with van der Waals surface area (Å²) in [7, 11) is 0. The van der Waals surface area contributed by atoms with E-state index in [9.17, 15) is 9.59 Å². The van der Waals surface area contributed by atoms with Crippen molar-refractivity contribution in [2.45, 2.75) is 38.3 Å². The third kappa shape index (κ3) is 4.06. The van der Waals surface area contributed by atoms with Crippen molar-refractivity contribution in [1.29, 1.82) is 0 Å². The first-order valence-corrected chi connectivity index (χ1v) is 5.57. The summed E-state index contributed by atoms with van der Waals surface area (Å²) in [5.74, 6) is -0.297. The zero-order valence-electron chi connectivity index (χ0n) is 9.61. The van der Waals surface area contributed by atoms with Gasteiger partial charge in [-0.1, -0.05) is 0 Å². The largest absolute Gasteiger partial charge is 0.370 e. The van der Waals surface area contributed by atoms with Crippen LogP contribution >= 0.6 is 0 Å². The summed E-state index contributed by atoms with van der Waals surface area (Å²) in [6.07, 6.45) is 2.08. The summed E-state index contributed by atoms with van der Waals surface area (Å²) in [5.41, 5.74) is 10.3. The maximum atomic E-state index is 10.9. The van der Waals surface area contributed by atoms with E-state index in [0.29, 0.717) is 25.6 Å². The zero-order valence-corrected chi connectivity index (χ0v) is 9.61. The molecule has 0 aromatic heterocycles. The number of carbonyl (C=O) groups excluding carboxylic acids is 2. The van der Waals surface area contributed by atoms with E-state index >= 15 is 0 Å². The van der Waals surface area contributed by atoms with Gasteiger partial charge in [0.05, 0.1) is 0 Å². The van der Waals surface area contributed by atoms with E-state index < -0.39 is 0 Å². The summed E-state index contributed by atoms with van der Waals surface area (Å²) in [5, 5.41) is 3.33. The first kappa shape index (κ1) is 12.8. The van der Waals surface area contributed by atoms with Crippen molar-refractivity contribution < 1.29 is 9.59 Å². The van der Waals surface area contributed by atoms with Gasteiger partial charge in [-0.2, -0.15) is 0 Å². The van der Waals surface area contributed by atoms with Crippen LogP contribution in [0.3, 0.4) is 0 Å². The molecule has 92 valence electrons. The van der Waals surface area contributed by atoms with Crippen molar-refractivity contribution in [3.8, 4) is 0 Å². The second-order valence-corrected chi connectivity index (χ2v) is 4.34. The highest BCUT2D eigenvalue weighted by molar-refractivity contribution is 5.74. The molecule has 1 aliphatic rings. The second-order valence-electron chi connectivity index (χ2n) is 4.34. The normalized spacial score (nSPS) is 19.4. The Morgan fingerprint density at radius 2 is 1.94 bits per heavy atom. The first-order chi connectivity index (χ1) is 7.49. The Kier molecular flexibility index (Phi) is 4.54. The lowest BCUT2D eigenvalue weighted by atomic mass is 10.0. The van der Waals surface area contributed by atoms with Gasteiger partial charge >= 0.3 is 6.03 Å². The van der Waals surface area contributed by atoms with E-state index in [2.05, 4.69) is 5.32 Å². The number of amides is 3. The van der Waals surface area contributed by atoms with Crippen LogP contribution < -0.4 is 16.8 Å². The Morgan fingerprint density at radius 3 is 2.38 bits per heavy atom. The average molecular weight is 228 g/mol. The number of primary amides is 2. The summed E-state index contributed by atoms with van der Waals surface area (Å²) in [6.45, 7) is 3.29. The van der Waals surface area contributed by atoms with Crippen molar-refractivity contribution in [1.82, 2.24) is 10.2 Å². The van der Waals surface area contributed by atoms with E-state index in [4.69, 9.17) is 11.5 Å². The fourth-order valence-electron chi connectivity index (χ4n) is 2.03. The fourth-order valence-corrected chi connectivity index (χ4v) is 2.03. The van der Waals surface area contributed by atoms with Gasteiger partial charge < -0.3 is 21.7 Å². The molecule has 6 nitrogen and oxygen atoms in total. The number of carbonyl (C=O) groups is 2. The summed E-state index contributed by atoms with van der Waals surface area (Å²) in [6, 6.07) is 0.0659. The standard InChI is InChI=1S/C10H20N4O2/c1-7(6-9(11)15)13-8-2-4-14(5-3-8)10(12)16/h7-8,13H,2-6H2,1H3,(H2,11,15)(H2,12,16). The van der Waals surface area contributed by atoms with Gasteiger partial charge in [0.15, 0.2) is 0 Å². The second kappa shape index (κ2) is 5.69. The van der Waals surface area contributed by atoms with Crippen molar-refractivity contribution in [2.75, 3.05) is 13.1 Å². The first-order valence-electron chi connectivity index (χ1n) is 5.57. The van der Waals surface area contributed by atoms with Crippen LogP contribution in [0, 0.1) is 0 Å². The van der Waals surface area contributed by atoms with Gasteiger partial charge in [0.2, 0.25) is 5.91 Å². The molecule has 1 fully saturated rings. The summed E-state index contributed by atoms with van der Waals surface area (Å²) < 4.78 is 0. The van der Waals surface area contributed by atoms with Gasteiger partial charge in [-0.25, -0.2) is 4.79 Å². The Morgan fingerprint density at radius 1 is 1.38 bits per heavy atom. The minimum Gasteiger partial charge on any atom is -0.370 e. The lowest BCUT2D eigenvalue weighted by Crippen LogP contribution is -2.49. The number of likely N-dealkylation sites (tertiary alicyclic amines) is 1. The van der Waals surface area contributed by atoms with Crippen molar-refractivity contribution >= 4 is 11.9 Å².